The van der Waals surface area contributed by atoms with Crippen LogP contribution >= 0.6 is 0 Å². The number of piperazine rings is 1. The molecule has 2 amide bonds. The van der Waals surface area contributed by atoms with Gasteiger partial charge in [0.05, 0.1) is 6.42 Å². The van der Waals surface area contributed by atoms with Gasteiger partial charge in [-0.3, -0.25) is 9.59 Å². The summed E-state index contributed by atoms with van der Waals surface area (Å²) in [4.78, 5) is 28.9. The third-order valence-corrected chi connectivity index (χ3v) is 4.73. The Morgan fingerprint density at radius 2 is 1.56 bits per heavy atom. The van der Waals surface area contributed by atoms with Gasteiger partial charge in [-0.2, -0.15) is 0 Å². The van der Waals surface area contributed by atoms with E-state index in [2.05, 4.69) is 6.07 Å². The maximum absolute atomic E-state index is 12.6. The maximum Gasteiger partial charge on any atom is 0.254 e. The Balaban J connectivity index is 1.57. The highest BCUT2D eigenvalue weighted by molar-refractivity contribution is 5.95. The quantitative estimate of drug-likeness (QED) is 0.865. The highest BCUT2D eigenvalue weighted by atomic mass is 16.2. The third-order valence-electron chi connectivity index (χ3n) is 4.73. The predicted molar refractivity (Wildman–Crippen MR) is 98.5 cm³/mol. The minimum atomic E-state index is 0.0592. The van der Waals surface area contributed by atoms with Crippen LogP contribution in [0.5, 0.6) is 0 Å². The number of hydrogen-bond acceptors (Lipinski definition) is 2. The molecule has 0 spiro atoms. The lowest BCUT2D eigenvalue weighted by Crippen LogP contribution is -2.51. The van der Waals surface area contributed by atoms with Crippen LogP contribution in [0.4, 0.5) is 0 Å². The van der Waals surface area contributed by atoms with E-state index in [1.165, 1.54) is 5.56 Å². The minimum Gasteiger partial charge on any atom is -0.339 e. The summed E-state index contributed by atoms with van der Waals surface area (Å²) in [6.07, 6.45) is 0.424. The highest BCUT2D eigenvalue weighted by Crippen LogP contribution is 2.14. The van der Waals surface area contributed by atoms with Crippen molar-refractivity contribution in [1.82, 2.24) is 9.80 Å². The first kappa shape index (κ1) is 17.2. The van der Waals surface area contributed by atoms with Crippen LogP contribution in [0.3, 0.4) is 0 Å². The molecular weight excluding hydrogens is 312 g/mol. The standard InChI is InChI=1S/C21H24N2O2/c1-16-6-5-8-18(14-16)15-20(24)22-10-12-23(13-11-22)21(25)19-9-4-3-7-17(19)2/h3-9,14H,10-13,15H2,1-2H3. The summed E-state index contributed by atoms with van der Waals surface area (Å²) in [5.41, 5.74) is 3.95. The van der Waals surface area contributed by atoms with Crippen LogP contribution in [0.15, 0.2) is 48.5 Å². The van der Waals surface area contributed by atoms with Crippen molar-refractivity contribution in [2.24, 2.45) is 0 Å². The Bertz CT molecular complexity index is 777. The average Bonchev–Trinajstić information content (AvgIpc) is 2.62. The Hall–Kier alpha value is -2.62. The van der Waals surface area contributed by atoms with E-state index < -0.39 is 0 Å². The Kier molecular flexibility index (Phi) is 5.17. The lowest BCUT2D eigenvalue weighted by atomic mass is 10.1. The van der Waals surface area contributed by atoms with E-state index in [4.69, 9.17) is 0 Å². The van der Waals surface area contributed by atoms with Crippen LogP contribution in [0.1, 0.15) is 27.0 Å². The van der Waals surface area contributed by atoms with Crippen molar-refractivity contribution in [3.05, 3.63) is 70.8 Å². The van der Waals surface area contributed by atoms with E-state index in [0.717, 1.165) is 16.7 Å². The van der Waals surface area contributed by atoms with Crippen molar-refractivity contribution < 1.29 is 9.59 Å². The molecule has 3 rings (SSSR count). The average molecular weight is 336 g/mol. The molecule has 0 bridgehead atoms. The van der Waals surface area contributed by atoms with Crippen LogP contribution in [0, 0.1) is 13.8 Å². The predicted octanol–water partition coefficient (Wildman–Crippen LogP) is 2.83. The number of amides is 2. The van der Waals surface area contributed by atoms with Crippen LogP contribution in [0.2, 0.25) is 0 Å². The number of carbonyl (C=O) groups excluding carboxylic acids is 2. The number of aryl methyl sites for hydroxylation is 2. The van der Waals surface area contributed by atoms with Gasteiger partial charge >= 0.3 is 0 Å². The van der Waals surface area contributed by atoms with E-state index >= 15 is 0 Å². The van der Waals surface area contributed by atoms with Gasteiger partial charge < -0.3 is 9.80 Å². The van der Waals surface area contributed by atoms with Crippen molar-refractivity contribution in [2.45, 2.75) is 20.3 Å². The van der Waals surface area contributed by atoms with Crippen LogP contribution in [0.25, 0.3) is 0 Å². The fraction of sp³-hybridized carbons (Fsp3) is 0.333. The zero-order chi connectivity index (χ0) is 17.8. The molecule has 25 heavy (non-hydrogen) atoms. The third kappa shape index (κ3) is 4.08. The Morgan fingerprint density at radius 1 is 0.880 bits per heavy atom. The first-order chi connectivity index (χ1) is 12.0. The van der Waals surface area contributed by atoms with Gasteiger partial charge in [0.25, 0.3) is 5.91 Å². The maximum atomic E-state index is 12.6. The van der Waals surface area contributed by atoms with Crippen molar-refractivity contribution in [3.63, 3.8) is 0 Å². The molecule has 4 heteroatoms. The highest BCUT2D eigenvalue weighted by Gasteiger charge is 2.25. The van der Waals surface area contributed by atoms with Gasteiger partial charge in [-0.1, -0.05) is 48.0 Å². The van der Waals surface area contributed by atoms with E-state index in [0.29, 0.717) is 32.6 Å². The molecule has 0 aliphatic carbocycles. The topological polar surface area (TPSA) is 40.6 Å². The number of nitrogens with zero attached hydrogens (tertiary/aromatic N) is 2. The van der Waals surface area contributed by atoms with Gasteiger partial charge in [-0.05, 0) is 31.0 Å². The first-order valence-electron chi connectivity index (χ1n) is 8.73. The molecule has 1 aliphatic rings. The lowest BCUT2D eigenvalue weighted by Gasteiger charge is -2.35. The zero-order valence-electron chi connectivity index (χ0n) is 14.9. The van der Waals surface area contributed by atoms with Gasteiger partial charge in [0.2, 0.25) is 5.91 Å². The first-order valence-corrected chi connectivity index (χ1v) is 8.73. The molecule has 130 valence electrons. The van der Waals surface area contributed by atoms with E-state index in [1.54, 1.807) is 0 Å². The SMILES string of the molecule is Cc1cccc(CC(=O)N2CCN(C(=O)c3ccccc3C)CC2)c1. The molecule has 1 saturated heterocycles. The molecule has 0 atom stereocenters. The van der Waals surface area contributed by atoms with E-state index in [1.807, 2.05) is 66.1 Å². The molecule has 1 heterocycles. The number of benzene rings is 2. The molecule has 0 aromatic heterocycles. The molecule has 2 aromatic rings. The normalized spacial score (nSPS) is 14.5. The molecule has 1 aliphatic heterocycles. The van der Waals surface area contributed by atoms with E-state index in [9.17, 15) is 9.59 Å². The van der Waals surface area contributed by atoms with Gasteiger partial charge in [-0.25, -0.2) is 0 Å². The Labute approximate surface area is 149 Å². The fourth-order valence-electron chi connectivity index (χ4n) is 3.25. The van der Waals surface area contributed by atoms with Crippen LogP contribution < -0.4 is 0 Å². The molecule has 2 aromatic carbocycles. The zero-order valence-corrected chi connectivity index (χ0v) is 14.9. The number of rotatable bonds is 3. The molecule has 0 saturated carbocycles. The Morgan fingerprint density at radius 3 is 2.24 bits per heavy atom. The molecule has 0 N–H and O–H groups in total. The largest absolute Gasteiger partial charge is 0.339 e. The summed E-state index contributed by atoms with van der Waals surface area (Å²) < 4.78 is 0. The summed E-state index contributed by atoms with van der Waals surface area (Å²) in [6, 6.07) is 15.7. The summed E-state index contributed by atoms with van der Waals surface area (Å²) >= 11 is 0. The van der Waals surface area contributed by atoms with Gasteiger partial charge in [0, 0.05) is 31.7 Å². The van der Waals surface area contributed by atoms with E-state index in [-0.39, 0.29) is 11.8 Å². The van der Waals surface area contributed by atoms with Gasteiger partial charge in [0.1, 0.15) is 0 Å². The molecule has 0 radical (unpaired) electrons. The summed E-state index contributed by atoms with van der Waals surface area (Å²) in [6.45, 7) is 6.36. The van der Waals surface area contributed by atoms with Gasteiger partial charge in [0.15, 0.2) is 0 Å². The van der Waals surface area contributed by atoms with Gasteiger partial charge in [-0.15, -0.1) is 0 Å². The summed E-state index contributed by atoms with van der Waals surface area (Å²) in [5.74, 6) is 0.192. The smallest absolute Gasteiger partial charge is 0.254 e. The second-order valence-corrected chi connectivity index (χ2v) is 6.65. The molecule has 1 fully saturated rings. The van der Waals surface area contributed by atoms with Crippen molar-refractivity contribution in [2.75, 3.05) is 26.2 Å². The van der Waals surface area contributed by atoms with Crippen molar-refractivity contribution in [3.8, 4) is 0 Å². The molecular formula is C21H24N2O2. The summed E-state index contributed by atoms with van der Waals surface area (Å²) in [7, 11) is 0. The minimum absolute atomic E-state index is 0.0592. The summed E-state index contributed by atoms with van der Waals surface area (Å²) in [5, 5.41) is 0. The van der Waals surface area contributed by atoms with Crippen LogP contribution in [-0.4, -0.2) is 47.8 Å². The van der Waals surface area contributed by atoms with Crippen LogP contribution in [-0.2, 0) is 11.2 Å². The van der Waals surface area contributed by atoms with Crippen molar-refractivity contribution >= 4 is 11.8 Å². The molecule has 0 unspecified atom stereocenters. The molecule has 4 nitrogen and oxygen atoms in total. The lowest BCUT2D eigenvalue weighted by molar-refractivity contribution is -0.131. The fourth-order valence-corrected chi connectivity index (χ4v) is 3.25. The van der Waals surface area contributed by atoms with Crippen molar-refractivity contribution in [1.29, 1.82) is 0 Å². The second-order valence-electron chi connectivity index (χ2n) is 6.65. The number of carbonyl (C=O) groups is 2. The second kappa shape index (κ2) is 7.51. The number of hydrogen-bond donors (Lipinski definition) is 0. The monoisotopic (exact) mass is 336 g/mol.